The van der Waals surface area contributed by atoms with Crippen LogP contribution in [0.4, 0.5) is 4.79 Å². The molecule has 0 heterocycles. The minimum atomic E-state index is -3.88. The number of carbonyl (C=O) groups excluding carboxylic acids is 1. The van der Waals surface area contributed by atoms with Crippen molar-refractivity contribution in [3.63, 3.8) is 0 Å². The van der Waals surface area contributed by atoms with Crippen molar-refractivity contribution < 1.29 is 30.6 Å². The van der Waals surface area contributed by atoms with Gasteiger partial charge in [-0.3, -0.25) is 4.18 Å². The molecule has 0 unspecified atom stereocenters. The van der Waals surface area contributed by atoms with Gasteiger partial charge in [0.15, 0.2) is 0 Å². The third-order valence-corrected chi connectivity index (χ3v) is 6.11. The molecule has 170 valence electrons. The predicted molar refractivity (Wildman–Crippen MR) is 113 cm³/mol. The Morgan fingerprint density at radius 3 is 2.07 bits per heavy atom. The largest absolute Gasteiger partial charge is 0.444 e. The van der Waals surface area contributed by atoms with Crippen LogP contribution in [-0.2, 0) is 29.1 Å². The van der Waals surface area contributed by atoms with E-state index in [9.17, 15) is 21.6 Å². The van der Waals surface area contributed by atoms with Gasteiger partial charge in [-0.1, -0.05) is 19.9 Å². The van der Waals surface area contributed by atoms with Gasteiger partial charge in [0, 0.05) is 24.5 Å². The second-order valence-corrected chi connectivity index (χ2v) is 11.2. The summed E-state index contributed by atoms with van der Waals surface area (Å²) in [4.78, 5) is 11.8. The minimum absolute atomic E-state index is 0.0154. The number of ether oxygens (including phenoxy) is 1. The van der Waals surface area contributed by atoms with Crippen LogP contribution < -0.4 is 5.32 Å². The molecular formula is C18H34N2O7S2. The lowest BCUT2D eigenvalue weighted by atomic mass is 10.1. The summed E-state index contributed by atoms with van der Waals surface area (Å²) in [6, 6.07) is -1.31. The van der Waals surface area contributed by atoms with Gasteiger partial charge in [-0.15, -0.1) is 0 Å². The highest BCUT2D eigenvalue weighted by molar-refractivity contribution is 7.92. The summed E-state index contributed by atoms with van der Waals surface area (Å²) in [6.07, 6.45) is 1.93. The van der Waals surface area contributed by atoms with Crippen molar-refractivity contribution in [3.8, 4) is 0 Å². The summed E-state index contributed by atoms with van der Waals surface area (Å²) >= 11 is 0. The molecule has 0 rings (SSSR count). The maximum Gasteiger partial charge on any atom is 0.408 e. The number of carbonyl (C=O) groups is 1. The van der Waals surface area contributed by atoms with Crippen LogP contribution in [0.15, 0.2) is 23.0 Å². The fraction of sp³-hybridized carbons (Fsp3) is 0.722. The Kier molecular flexibility index (Phi) is 10.5. The molecule has 0 aromatic rings. The average molecular weight is 455 g/mol. The van der Waals surface area contributed by atoms with E-state index in [1.54, 1.807) is 48.5 Å². The number of sulfonamides is 1. The Hall–Kier alpha value is -1.43. The van der Waals surface area contributed by atoms with E-state index in [-0.39, 0.29) is 12.5 Å². The van der Waals surface area contributed by atoms with E-state index in [0.29, 0.717) is 0 Å². The zero-order valence-corrected chi connectivity index (χ0v) is 20.0. The molecule has 0 aromatic heterocycles. The zero-order valence-electron chi connectivity index (χ0n) is 18.4. The van der Waals surface area contributed by atoms with Crippen LogP contribution in [-0.4, -0.2) is 58.6 Å². The van der Waals surface area contributed by atoms with Crippen molar-refractivity contribution in [2.45, 2.75) is 66.2 Å². The number of nitrogens with one attached hydrogen (secondary N) is 1. The Balaban J connectivity index is 5.31. The van der Waals surface area contributed by atoms with Crippen LogP contribution in [0.1, 0.15) is 48.5 Å². The van der Waals surface area contributed by atoms with Crippen LogP contribution in [0.2, 0.25) is 0 Å². The van der Waals surface area contributed by atoms with E-state index in [1.807, 2.05) is 0 Å². The first kappa shape index (κ1) is 27.6. The third kappa shape index (κ3) is 11.4. The highest BCUT2D eigenvalue weighted by atomic mass is 32.2. The molecule has 1 amide bonds. The highest BCUT2D eigenvalue weighted by Crippen LogP contribution is 2.17. The van der Waals surface area contributed by atoms with Crippen molar-refractivity contribution >= 4 is 26.2 Å². The molecule has 0 aromatic carbocycles. The summed E-state index contributed by atoms with van der Waals surface area (Å²) in [6.45, 7) is 11.8. The molecule has 0 aliphatic carbocycles. The monoisotopic (exact) mass is 454 g/mol. The number of likely N-dealkylation sites (N-methyl/N-ethyl adjacent to an activating group) is 1. The quantitative estimate of drug-likeness (QED) is 0.504. The van der Waals surface area contributed by atoms with E-state index >= 15 is 0 Å². The third-order valence-electron chi connectivity index (χ3n) is 3.51. The van der Waals surface area contributed by atoms with Crippen molar-refractivity contribution in [1.82, 2.24) is 9.62 Å². The minimum Gasteiger partial charge on any atom is -0.444 e. The first-order valence-electron chi connectivity index (χ1n) is 9.24. The number of hydrogen-bond acceptors (Lipinski definition) is 7. The summed E-state index contributed by atoms with van der Waals surface area (Å²) < 4.78 is 59.5. The van der Waals surface area contributed by atoms with E-state index < -0.39 is 43.9 Å². The van der Waals surface area contributed by atoms with Crippen molar-refractivity contribution in [2.75, 3.05) is 13.7 Å². The molecule has 0 radical (unpaired) electrons. The van der Waals surface area contributed by atoms with Gasteiger partial charge in [0.2, 0.25) is 10.0 Å². The van der Waals surface area contributed by atoms with Crippen LogP contribution in [0.5, 0.6) is 0 Å². The molecule has 0 saturated heterocycles. The molecule has 0 aliphatic heterocycles. The molecule has 11 heteroatoms. The van der Waals surface area contributed by atoms with Crippen molar-refractivity contribution in [3.05, 3.63) is 23.0 Å². The molecule has 0 bridgehead atoms. The molecule has 0 saturated carbocycles. The lowest BCUT2D eigenvalue weighted by Crippen LogP contribution is -2.39. The first-order chi connectivity index (χ1) is 13.0. The number of alkyl carbamates (subject to hydrolysis) is 1. The number of hydrogen-bond donors (Lipinski definition) is 1. The highest BCUT2D eigenvalue weighted by Gasteiger charge is 2.26. The lowest BCUT2D eigenvalue weighted by molar-refractivity contribution is 0.0518. The predicted octanol–water partition coefficient (Wildman–Crippen LogP) is 2.58. The zero-order chi connectivity index (χ0) is 23.0. The van der Waals surface area contributed by atoms with Crippen LogP contribution in [0.3, 0.4) is 0 Å². The van der Waals surface area contributed by atoms with E-state index in [4.69, 9.17) is 4.74 Å². The van der Waals surface area contributed by atoms with Gasteiger partial charge < -0.3 is 10.1 Å². The maximum absolute atomic E-state index is 12.6. The standard InChI is InChI=1S/C18H34N2O7S2/c1-9-26-29(24,25)13-11-16(14(2)3)20(8)28(22,23)12-10-15(4)19-17(21)27-18(5,6)7/h10-16H,9H2,1-8H3,(H,19,21)/b12-10+,13-11+/t15-,16+/m0/s1. The summed E-state index contributed by atoms with van der Waals surface area (Å²) in [5.41, 5.74) is -0.668. The second kappa shape index (κ2) is 11.1. The molecular weight excluding hydrogens is 420 g/mol. The van der Waals surface area contributed by atoms with Crippen LogP contribution >= 0.6 is 0 Å². The second-order valence-electron chi connectivity index (χ2n) is 7.79. The average Bonchev–Trinajstić information content (AvgIpc) is 2.50. The van der Waals surface area contributed by atoms with Gasteiger partial charge in [0.05, 0.1) is 12.0 Å². The summed E-state index contributed by atoms with van der Waals surface area (Å²) in [5.74, 6) is -0.200. The van der Waals surface area contributed by atoms with Crippen molar-refractivity contribution in [1.29, 1.82) is 0 Å². The Morgan fingerprint density at radius 1 is 1.07 bits per heavy atom. The molecule has 1 N–H and O–H groups in total. The first-order valence-corrected chi connectivity index (χ1v) is 12.2. The number of nitrogens with zero attached hydrogens (tertiary/aromatic N) is 1. The van der Waals surface area contributed by atoms with Gasteiger partial charge >= 0.3 is 6.09 Å². The molecule has 0 fully saturated rings. The van der Waals surface area contributed by atoms with Crippen molar-refractivity contribution in [2.24, 2.45) is 5.92 Å². The Labute approximate surface area is 175 Å². The molecule has 0 aliphatic rings. The number of amides is 1. The molecule has 2 atom stereocenters. The smallest absolute Gasteiger partial charge is 0.408 e. The fourth-order valence-corrected chi connectivity index (χ4v) is 4.21. The number of rotatable bonds is 10. The van der Waals surface area contributed by atoms with Crippen LogP contribution in [0.25, 0.3) is 0 Å². The summed E-state index contributed by atoms with van der Waals surface area (Å²) in [5, 5.41) is 4.35. The van der Waals surface area contributed by atoms with Gasteiger partial charge in [-0.2, -0.15) is 12.7 Å². The topological polar surface area (TPSA) is 119 Å². The summed E-state index contributed by atoms with van der Waals surface area (Å²) in [7, 11) is -6.40. The Morgan fingerprint density at radius 2 is 1.62 bits per heavy atom. The maximum atomic E-state index is 12.6. The van der Waals surface area contributed by atoms with E-state index in [2.05, 4.69) is 9.50 Å². The van der Waals surface area contributed by atoms with Gasteiger partial charge in [-0.05, 0) is 46.6 Å². The molecule has 9 nitrogen and oxygen atoms in total. The molecule has 29 heavy (non-hydrogen) atoms. The Bertz CT molecular complexity index is 795. The van der Waals surface area contributed by atoms with Gasteiger partial charge in [-0.25, -0.2) is 13.2 Å². The lowest BCUT2D eigenvalue weighted by Gasteiger charge is -2.27. The van der Waals surface area contributed by atoms with E-state index in [0.717, 1.165) is 15.1 Å². The normalized spacial score (nSPS) is 15.9. The molecule has 0 spiro atoms. The fourth-order valence-electron chi connectivity index (χ4n) is 2.17. The van der Waals surface area contributed by atoms with E-state index in [1.165, 1.54) is 19.2 Å². The SMILES string of the molecule is CCOS(=O)(=O)/C=C/[C@H](C(C)C)N(C)S(=O)(=O)/C=C/[C@H](C)NC(=O)OC(C)(C)C. The van der Waals surface area contributed by atoms with Gasteiger partial charge in [0.1, 0.15) is 5.60 Å². The van der Waals surface area contributed by atoms with Crippen LogP contribution in [0, 0.1) is 5.92 Å². The van der Waals surface area contributed by atoms with Gasteiger partial charge in [0.25, 0.3) is 10.1 Å².